The highest BCUT2D eigenvalue weighted by atomic mass is 32.1. The molecule has 0 aliphatic rings. The molecule has 3 N–H and O–H groups in total. The highest BCUT2D eigenvalue weighted by Gasteiger charge is 2.18. The van der Waals surface area contributed by atoms with Crippen molar-refractivity contribution in [2.45, 2.75) is 27.2 Å². The zero-order chi connectivity index (χ0) is 13.9. The molecule has 4 nitrogen and oxygen atoms in total. The molecule has 102 valence electrons. The number of nitrogens with zero attached hydrogens (tertiary/aromatic N) is 2. The van der Waals surface area contributed by atoms with E-state index in [9.17, 15) is 0 Å². The van der Waals surface area contributed by atoms with Crippen molar-refractivity contribution >= 4 is 22.4 Å². The number of hydrogen-bond acceptors (Lipinski definition) is 5. The molecule has 0 atom stereocenters. The molecule has 0 aliphatic heterocycles. The third kappa shape index (κ3) is 3.23. The summed E-state index contributed by atoms with van der Waals surface area (Å²) in [7, 11) is 0. The average Bonchev–Trinajstić information content (AvgIpc) is 2.79. The maximum Gasteiger partial charge on any atom is 0.147 e. The van der Waals surface area contributed by atoms with Crippen LogP contribution in [0.1, 0.15) is 27.2 Å². The lowest BCUT2D eigenvalue weighted by Crippen LogP contribution is -2.21. The number of nitrogens with one attached hydrogen (secondary N) is 1. The van der Waals surface area contributed by atoms with Crippen LogP contribution in [-0.2, 0) is 0 Å². The van der Waals surface area contributed by atoms with Gasteiger partial charge in [-0.2, -0.15) is 4.37 Å². The summed E-state index contributed by atoms with van der Waals surface area (Å²) in [5.41, 5.74) is 8.20. The van der Waals surface area contributed by atoms with Crippen LogP contribution in [0.4, 0.5) is 10.8 Å². The maximum atomic E-state index is 5.98. The normalized spacial score (nSPS) is 11.5. The first-order valence-electron chi connectivity index (χ1n) is 6.43. The van der Waals surface area contributed by atoms with E-state index in [-0.39, 0.29) is 5.41 Å². The van der Waals surface area contributed by atoms with Gasteiger partial charge in [0.1, 0.15) is 10.8 Å². The van der Waals surface area contributed by atoms with Gasteiger partial charge in [-0.3, -0.25) is 4.98 Å². The highest BCUT2D eigenvalue weighted by Crippen LogP contribution is 2.37. The molecule has 0 aliphatic carbocycles. The van der Waals surface area contributed by atoms with E-state index in [0.717, 1.165) is 29.1 Å². The fourth-order valence-corrected chi connectivity index (χ4v) is 2.39. The molecule has 2 aromatic heterocycles. The van der Waals surface area contributed by atoms with Gasteiger partial charge in [0.05, 0.1) is 5.56 Å². The predicted octanol–water partition coefficient (Wildman–Crippen LogP) is 3.64. The Bertz CT molecular complexity index is 534. The van der Waals surface area contributed by atoms with Gasteiger partial charge >= 0.3 is 0 Å². The van der Waals surface area contributed by atoms with Crippen molar-refractivity contribution < 1.29 is 0 Å². The number of nitrogen functional groups attached to an aromatic ring is 1. The molecule has 2 aromatic rings. The Morgan fingerprint density at radius 1 is 1.42 bits per heavy atom. The van der Waals surface area contributed by atoms with Gasteiger partial charge in [-0.05, 0) is 29.4 Å². The van der Waals surface area contributed by atoms with E-state index in [4.69, 9.17) is 5.73 Å². The first-order chi connectivity index (χ1) is 9.03. The van der Waals surface area contributed by atoms with Gasteiger partial charge in [-0.15, -0.1) is 0 Å². The molecule has 0 aromatic carbocycles. The number of nitrogens with two attached hydrogens (primary N) is 1. The van der Waals surface area contributed by atoms with Crippen LogP contribution in [0.2, 0.25) is 0 Å². The van der Waals surface area contributed by atoms with Gasteiger partial charge in [0.2, 0.25) is 0 Å². The van der Waals surface area contributed by atoms with Crippen LogP contribution in [0.3, 0.4) is 0 Å². The molecule has 19 heavy (non-hydrogen) atoms. The molecular formula is C14H20N4S. The molecule has 0 radical (unpaired) electrons. The molecular weight excluding hydrogens is 256 g/mol. The highest BCUT2D eigenvalue weighted by molar-refractivity contribution is 7.11. The fraction of sp³-hybridized carbons (Fsp3) is 0.429. The Morgan fingerprint density at radius 2 is 2.21 bits per heavy atom. The van der Waals surface area contributed by atoms with Crippen LogP contribution >= 0.6 is 11.5 Å². The van der Waals surface area contributed by atoms with E-state index in [0.29, 0.717) is 5.82 Å². The van der Waals surface area contributed by atoms with Crippen molar-refractivity contribution in [3.63, 3.8) is 0 Å². The minimum atomic E-state index is 0.255. The number of hydrogen-bond donors (Lipinski definition) is 2. The minimum absolute atomic E-state index is 0.255. The van der Waals surface area contributed by atoms with Crippen molar-refractivity contribution in [3.8, 4) is 11.1 Å². The topological polar surface area (TPSA) is 63.8 Å². The van der Waals surface area contributed by atoms with E-state index in [1.807, 2.05) is 18.3 Å². The van der Waals surface area contributed by atoms with E-state index in [1.54, 1.807) is 6.20 Å². The van der Waals surface area contributed by atoms with Gasteiger partial charge in [0.15, 0.2) is 0 Å². The van der Waals surface area contributed by atoms with E-state index in [1.165, 1.54) is 11.5 Å². The molecule has 2 heterocycles. The van der Waals surface area contributed by atoms with Crippen molar-refractivity contribution in [3.05, 3.63) is 24.5 Å². The van der Waals surface area contributed by atoms with Gasteiger partial charge in [-0.25, -0.2) is 0 Å². The maximum absolute atomic E-state index is 5.98. The second kappa shape index (κ2) is 5.57. The summed E-state index contributed by atoms with van der Waals surface area (Å²) in [5.74, 6) is 0.565. The van der Waals surface area contributed by atoms with Gasteiger partial charge in [-0.1, -0.05) is 26.8 Å². The molecule has 0 saturated heterocycles. The third-order valence-electron chi connectivity index (χ3n) is 3.35. The third-order valence-corrected chi connectivity index (χ3v) is 4.17. The van der Waals surface area contributed by atoms with Gasteiger partial charge in [0, 0.05) is 24.5 Å². The number of aromatic nitrogens is 2. The molecule has 2 rings (SSSR count). The summed E-state index contributed by atoms with van der Waals surface area (Å²) in [6.45, 7) is 7.59. The molecule has 0 spiro atoms. The molecule has 0 bridgehead atoms. The van der Waals surface area contributed by atoms with Crippen molar-refractivity contribution in [1.29, 1.82) is 0 Å². The van der Waals surface area contributed by atoms with Gasteiger partial charge < -0.3 is 11.1 Å². The van der Waals surface area contributed by atoms with Crippen molar-refractivity contribution in [1.82, 2.24) is 9.36 Å². The van der Waals surface area contributed by atoms with E-state index in [2.05, 4.69) is 35.4 Å². The predicted molar refractivity (Wildman–Crippen MR) is 82.3 cm³/mol. The second-order valence-electron chi connectivity index (χ2n) is 5.38. The number of anilines is 2. The van der Waals surface area contributed by atoms with Gasteiger partial charge in [0.25, 0.3) is 0 Å². The van der Waals surface area contributed by atoms with Crippen molar-refractivity contribution in [2.75, 3.05) is 17.6 Å². The van der Waals surface area contributed by atoms with Crippen LogP contribution in [0.25, 0.3) is 11.1 Å². The summed E-state index contributed by atoms with van der Waals surface area (Å²) in [6.07, 6.45) is 4.69. The minimum Gasteiger partial charge on any atom is -0.382 e. The smallest absolute Gasteiger partial charge is 0.147 e. The van der Waals surface area contributed by atoms with E-state index < -0.39 is 0 Å². The SMILES string of the molecule is CCC(C)(C)CNc1snc(N)c1-c1cccnc1. The first kappa shape index (κ1) is 13.8. The average molecular weight is 276 g/mol. The summed E-state index contributed by atoms with van der Waals surface area (Å²) < 4.78 is 4.25. The summed E-state index contributed by atoms with van der Waals surface area (Å²) >= 11 is 1.41. The fourth-order valence-electron chi connectivity index (χ4n) is 1.66. The van der Waals surface area contributed by atoms with Crippen LogP contribution in [-0.4, -0.2) is 15.9 Å². The lowest BCUT2D eigenvalue weighted by atomic mass is 9.90. The van der Waals surface area contributed by atoms with E-state index >= 15 is 0 Å². The molecule has 0 amide bonds. The Hall–Kier alpha value is -1.62. The number of rotatable bonds is 5. The quantitative estimate of drug-likeness (QED) is 0.875. The Labute approximate surface area is 118 Å². The summed E-state index contributed by atoms with van der Waals surface area (Å²) in [4.78, 5) is 4.14. The van der Waals surface area contributed by atoms with Crippen molar-refractivity contribution in [2.24, 2.45) is 5.41 Å². The largest absolute Gasteiger partial charge is 0.382 e. The second-order valence-corrected chi connectivity index (χ2v) is 6.16. The van der Waals surface area contributed by atoms with Crippen LogP contribution in [0.15, 0.2) is 24.5 Å². The standard InChI is InChI=1S/C14H20N4S/c1-4-14(2,3)9-17-13-11(12(15)18-19-13)10-6-5-7-16-8-10/h5-8,17H,4,9H2,1-3H3,(H2,15,18). The molecule has 5 heteroatoms. The summed E-state index contributed by atoms with van der Waals surface area (Å²) in [5, 5.41) is 4.49. The molecule has 0 saturated carbocycles. The zero-order valence-corrected chi connectivity index (χ0v) is 12.4. The van der Waals surface area contributed by atoms with Crippen LogP contribution in [0, 0.1) is 5.41 Å². The van der Waals surface area contributed by atoms with Crippen LogP contribution in [0.5, 0.6) is 0 Å². The number of pyridine rings is 1. The molecule has 0 fully saturated rings. The Kier molecular flexibility index (Phi) is 4.04. The Morgan fingerprint density at radius 3 is 2.84 bits per heavy atom. The summed E-state index contributed by atoms with van der Waals surface area (Å²) in [6, 6.07) is 3.91. The zero-order valence-electron chi connectivity index (χ0n) is 11.6. The first-order valence-corrected chi connectivity index (χ1v) is 7.20. The monoisotopic (exact) mass is 276 g/mol. The Balaban J connectivity index is 2.24. The van der Waals surface area contributed by atoms with Crippen LogP contribution < -0.4 is 11.1 Å². The molecule has 0 unspecified atom stereocenters. The lowest BCUT2D eigenvalue weighted by molar-refractivity contribution is 0.377. The lowest BCUT2D eigenvalue weighted by Gasteiger charge is -2.23.